The van der Waals surface area contributed by atoms with Crippen molar-refractivity contribution in [3.05, 3.63) is 45.5 Å². The van der Waals surface area contributed by atoms with Gasteiger partial charge in [0.05, 0.1) is 52.3 Å². The molecule has 8 nitrogen and oxygen atoms in total. The van der Waals surface area contributed by atoms with Gasteiger partial charge in [0.25, 0.3) is 5.91 Å². The van der Waals surface area contributed by atoms with E-state index in [1.54, 1.807) is 6.92 Å². The van der Waals surface area contributed by atoms with Crippen LogP contribution in [0.1, 0.15) is 65.1 Å². The summed E-state index contributed by atoms with van der Waals surface area (Å²) in [4.78, 5) is 41.5. The molecule has 1 fully saturated rings. The lowest BCUT2D eigenvalue weighted by molar-refractivity contribution is -0.149. The molecule has 2 aromatic rings. The van der Waals surface area contributed by atoms with Gasteiger partial charge in [-0.2, -0.15) is 31.4 Å². The molecule has 1 aliphatic rings. The van der Waals surface area contributed by atoms with Gasteiger partial charge >= 0.3 is 18.3 Å². The van der Waals surface area contributed by atoms with Gasteiger partial charge in [-0.05, 0) is 25.2 Å². The van der Waals surface area contributed by atoms with Gasteiger partial charge in [0.2, 0.25) is 0 Å². The number of pyridine rings is 1. The summed E-state index contributed by atoms with van der Waals surface area (Å²) in [6.45, 7) is -0.604. The minimum absolute atomic E-state index is 0.0185. The number of amides is 1. The Labute approximate surface area is 227 Å². The number of nitrogens with zero attached hydrogens (tertiary/aromatic N) is 4. The van der Waals surface area contributed by atoms with Gasteiger partial charge < -0.3 is 10.0 Å². The topological polar surface area (TPSA) is 105 Å². The molecule has 3 unspecified atom stereocenters. The second-order valence-corrected chi connectivity index (χ2v) is 10.0. The molecule has 3 atom stereocenters. The van der Waals surface area contributed by atoms with Gasteiger partial charge in [-0.3, -0.25) is 24.0 Å². The van der Waals surface area contributed by atoms with E-state index in [2.05, 4.69) is 10.1 Å². The summed E-state index contributed by atoms with van der Waals surface area (Å²) in [7, 11) is 0. The highest BCUT2D eigenvalue weighted by Crippen LogP contribution is 2.41. The molecular weight excluding hydrogens is 581 g/mol. The van der Waals surface area contributed by atoms with Crippen LogP contribution in [0.25, 0.3) is 0 Å². The number of rotatable bonds is 8. The van der Waals surface area contributed by atoms with Crippen LogP contribution < -0.4 is 0 Å². The molecule has 0 saturated heterocycles. The second-order valence-electron chi connectivity index (χ2n) is 9.23. The van der Waals surface area contributed by atoms with E-state index in [-0.39, 0.29) is 34.9 Å². The number of halogens is 8. The van der Waals surface area contributed by atoms with Crippen LogP contribution in [0.5, 0.6) is 0 Å². The molecule has 16 heteroatoms. The molecular formula is C23H22Cl2F6N4O4. The van der Waals surface area contributed by atoms with Gasteiger partial charge in [0.1, 0.15) is 0 Å². The Morgan fingerprint density at radius 1 is 1.08 bits per heavy atom. The molecule has 1 N–H and O–H groups in total. The normalized spacial score (nSPS) is 20.1. The van der Waals surface area contributed by atoms with E-state index in [4.69, 9.17) is 23.2 Å². The average molecular weight is 603 g/mol. The first-order chi connectivity index (χ1) is 18.0. The Hall–Kier alpha value is -2.87. The maximum absolute atomic E-state index is 14.2. The van der Waals surface area contributed by atoms with Crippen LogP contribution in [0.4, 0.5) is 26.3 Å². The number of carbonyl (C=O) groups excluding carboxylic acids is 2. The van der Waals surface area contributed by atoms with E-state index >= 15 is 0 Å². The van der Waals surface area contributed by atoms with Crippen LogP contribution in [-0.2, 0) is 11.0 Å². The van der Waals surface area contributed by atoms with Crippen molar-refractivity contribution < 1.29 is 45.8 Å². The number of aromatic nitrogens is 3. The Morgan fingerprint density at radius 3 is 2.21 bits per heavy atom. The molecule has 214 valence electrons. The Morgan fingerprint density at radius 2 is 1.69 bits per heavy atom. The van der Waals surface area contributed by atoms with Crippen molar-refractivity contribution in [1.29, 1.82) is 0 Å². The molecule has 3 rings (SSSR count). The van der Waals surface area contributed by atoms with Crippen LogP contribution >= 0.6 is 23.2 Å². The summed E-state index contributed by atoms with van der Waals surface area (Å²) in [6, 6.07) is -0.909. The first kappa shape index (κ1) is 30.7. The first-order valence-electron chi connectivity index (χ1n) is 11.6. The van der Waals surface area contributed by atoms with Gasteiger partial charge in [0.15, 0.2) is 11.5 Å². The van der Waals surface area contributed by atoms with E-state index in [0.29, 0.717) is 15.8 Å². The smallest absolute Gasteiger partial charge is 0.433 e. The Kier molecular flexibility index (Phi) is 9.20. The Balaban J connectivity index is 1.98. The number of alkyl halides is 6. The summed E-state index contributed by atoms with van der Waals surface area (Å²) >= 11 is 11.8. The standard InChI is InChI=1S/C23H22Cl2F6N4O4/c1-11-6-12(2-3-13(11)21(38)39)35-19(23(29,30)31)14(7-33-35)20(37)34(5-4-22(26,27)28)10-17(36)18-15(24)8-32-9-16(18)25/h7-9,11-13H,2-6,10H2,1H3,(H,38,39). The molecule has 0 aliphatic heterocycles. The third-order valence-corrected chi connectivity index (χ3v) is 7.09. The van der Waals surface area contributed by atoms with Crippen molar-refractivity contribution in [3.8, 4) is 0 Å². The van der Waals surface area contributed by atoms with Crippen LogP contribution in [0.3, 0.4) is 0 Å². The highest BCUT2D eigenvalue weighted by molar-refractivity contribution is 6.39. The van der Waals surface area contributed by atoms with Crippen molar-refractivity contribution in [1.82, 2.24) is 19.7 Å². The summed E-state index contributed by atoms with van der Waals surface area (Å²) in [5, 5.41) is 12.5. The fourth-order valence-electron chi connectivity index (χ4n) is 4.65. The lowest BCUT2D eigenvalue weighted by atomic mass is 9.78. The average Bonchev–Trinajstić information content (AvgIpc) is 3.26. The maximum Gasteiger partial charge on any atom is 0.433 e. The third kappa shape index (κ3) is 7.21. The molecule has 1 aliphatic carbocycles. The molecule has 1 saturated carbocycles. The predicted molar refractivity (Wildman–Crippen MR) is 126 cm³/mol. The fraction of sp³-hybridized carbons (Fsp3) is 0.522. The van der Waals surface area contributed by atoms with Gasteiger partial charge in [-0.15, -0.1) is 0 Å². The highest BCUT2D eigenvalue weighted by Gasteiger charge is 2.44. The number of carboxylic acids is 1. The maximum atomic E-state index is 14.2. The SMILES string of the molecule is CC1CC(n2ncc(C(=O)N(CCC(F)(F)F)CC(=O)c3c(Cl)cncc3Cl)c2C(F)(F)F)CCC1C(=O)O. The lowest BCUT2D eigenvalue weighted by Gasteiger charge is -2.33. The van der Waals surface area contributed by atoms with Gasteiger partial charge in [0, 0.05) is 18.9 Å². The second kappa shape index (κ2) is 11.7. The number of aliphatic carboxylic acids is 1. The van der Waals surface area contributed by atoms with Crippen molar-refractivity contribution in [3.63, 3.8) is 0 Å². The summed E-state index contributed by atoms with van der Waals surface area (Å²) < 4.78 is 82.2. The van der Waals surface area contributed by atoms with E-state index in [0.717, 1.165) is 12.4 Å². The van der Waals surface area contributed by atoms with Crippen LogP contribution in [-0.4, -0.2) is 61.7 Å². The van der Waals surface area contributed by atoms with Crippen molar-refractivity contribution in [2.75, 3.05) is 13.1 Å². The predicted octanol–water partition coefficient (Wildman–Crippen LogP) is 5.94. The number of Topliss-reactive ketones (excluding diaryl/α,β-unsaturated/α-hetero) is 1. The molecule has 0 aromatic carbocycles. The minimum Gasteiger partial charge on any atom is -0.481 e. The third-order valence-electron chi connectivity index (χ3n) is 6.52. The number of carbonyl (C=O) groups is 3. The highest BCUT2D eigenvalue weighted by atomic mass is 35.5. The zero-order valence-electron chi connectivity index (χ0n) is 20.2. The molecule has 1 amide bonds. The molecule has 2 heterocycles. The Bertz CT molecular complexity index is 1230. The lowest BCUT2D eigenvalue weighted by Crippen LogP contribution is -2.39. The van der Waals surface area contributed by atoms with Crippen LogP contribution in [0.2, 0.25) is 10.0 Å². The first-order valence-corrected chi connectivity index (χ1v) is 12.3. The molecule has 0 bridgehead atoms. The quantitative estimate of drug-likeness (QED) is 0.296. The largest absolute Gasteiger partial charge is 0.481 e. The minimum atomic E-state index is -5.15. The zero-order valence-corrected chi connectivity index (χ0v) is 21.7. The van der Waals surface area contributed by atoms with Crippen molar-refractivity contribution >= 4 is 40.9 Å². The monoisotopic (exact) mass is 602 g/mol. The van der Waals surface area contributed by atoms with Crippen molar-refractivity contribution in [2.45, 2.75) is 51.0 Å². The van der Waals surface area contributed by atoms with E-state index in [9.17, 15) is 45.8 Å². The van der Waals surface area contributed by atoms with E-state index < -0.39 is 78.7 Å². The van der Waals surface area contributed by atoms with Crippen molar-refractivity contribution in [2.24, 2.45) is 11.8 Å². The summed E-state index contributed by atoms with van der Waals surface area (Å²) in [5.74, 6) is -4.85. The molecule has 39 heavy (non-hydrogen) atoms. The zero-order chi connectivity index (χ0) is 29.3. The molecule has 2 aromatic heterocycles. The van der Waals surface area contributed by atoms with Crippen LogP contribution in [0.15, 0.2) is 18.6 Å². The van der Waals surface area contributed by atoms with E-state index in [1.165, 1.54) is 0 Å². The van der Waals surface area contributed by atoms with Gasteiger partial charge in [-0.25, -0.2) is 0 Å². The summed E-state index contributed by atoms with van der Waals surface area (Å²) in [6.07, 6.45) is -8.76. The summed E-state index contributed by atoms with van der Waals surface area (Å²) in [5.41, 5.74) is -2.89. The molecule has 0 radical (unpaired) electrons. The van der Waals surface area contributed by atoms with Crippen LogP contribution in [0, 0.1) is 11.8 Å². The van der Waals surface area contributed by atoms with Gasteiger partial charge in [-0.1, -0.05) is 30.1 Å². The molecule has 0 spiro atoms. The number of hydrogen-bond donors (Lipinski definition) is 1. The number of ketones is 1. The number of carboxylic acid groups (broad SMARTS) is 1. The number of hydrogen-bond acceptors (Lipinski definition) is 5. The fourth-order valence-corrected chi connectivity index (χ4v) is 5.22. The van der Waals surface area contributed by atoms with E-state index in [1.807, 2.05) is 0 Å².